The molecule has 1 amide bonds. The van der Waals surface area contributed by atoms with Gasteiger partial charge in [0.15, 0.2) is 0 Å². The van der Waals surface area contributed by atoms with Crippen molar-refractivity contribution in [2.24, 2.45) is 7.05 Å². The maximum atomic E-state index is 12.0. The Morgan fingerprint density at radius 3 is 3.00 bits per heavy atom. The van der Waals surface area contributed by atoms with E-state index in [1.807, 2.05) is 12.1 Å². The zero-order valence-corrected chi connectivity index (χ0v) is 12.5. The lowest BCUT2D eigenvalue weighted by Gasteiger charge is -2.04. The number of hydrogen-bond acceptors (Lipinski definition) is 4. The number of carbonyl (C=O) groups excluding carboxylic acids is 1. The number of fused-ring (bicyclic) bond motifs is 1. The summed E-state index contributed by atoms with van der Waals surface area (Å²) in [5.41, 5.74) is 7.47. The van der Waals surface area contributed by atoms with E-state index in [0.29, 0.717) is 17.9 Å². The van der Waals surface area contributed by atoms with Gasteiger partial charge >= 0.3 is 0 Å². The molecule has 0 radical (unpaired) electrons. The molecule has 0 bridgehead atoms. The first-order valence-corrected chi connectivity index (χ1v) is 7.55. The summed E-state index contributed by atoms with van der Waals surface area (Å²) in [6, 6.07) is 8.30. The predicted molar refractivity (Wildman–Crippen MR) is 85.5 cm³/mol. The second kappa shape index (κ2) is 5.57. The number of aryl methyl sites for hydroxylation is 1. The van der Waals surface area contributed by atoms with Gasteiger partial charge in [0.1, 0.15) is 11.4 Å². The number of anilines is 1. The van der Waals surface area contributed by atoms with Crippen LogP contribution in [0.5, 0.6) is 0 Å². The van der Waals surface area contributed by atoms with E-state index in [2.05, 4.69) is 27.9 Å². The number of amides is 1. The number of nitrogens with one attached hydrogen (secondary N) is 1. The molecular formula is C15H16N4OS. The minimum atomic E-state index is -0.180. The second-order valence-corrected chi connectivity index (χ2v) is 5.74. The molecule has 0 aliphatic rings. The molecule has 3 aromatic rings. The Morgan fingerprint density at radius 1 is 1.43 bits per heavy atom. The molecule has 5 nitrogen and oxygen atoms in total. The molecule has 108 valence electrons. The largest absolute Gasteiger partial charge is 0.383 e. The Balaban J connectivity index is 1.64. The molecule has 0 spiro atoms. The molecule has 1 aromatic carbocycles. The van der Waals surface area contributed by atoms with Crippen molar-refractivity contribution in [3.05, 3.63) is 47.0 Å². The van der Waals surface area contributed by atoms with Crippen LogP contribution in [0.15, 0.2) is 35.8 Å². The number of nitrogens with zero attached hydrogens (tertiary/aromatic N) is 2. The van der Waals surface area contributed by atoms with Crippen LogP contribution < -0.4 is 11.1 Å². The van der Waals surface area contributed by atoms with Crippen LogP contribution in [0.1, 0.15) is 15.9 Å². The SMILES string of the molecule is Cn1ncc(C(=O)NCCc2csc3ccccc23)c1N. The first-order valence-electron chi connectivity index (χ1n) is 6.67. The van der Waals surface area contributed by atoms with Crippen molar-refractivity contribution in [3.8, 4) is 0 Å². The van der Waals surface area contributed by atoms with Crippen molar-refractivity contribution < 1.29 is 4.79 Å². The van der Waals surface area contributed by atoms with Crippen LogP contribution >= 0.6 is 11.3 Å². The van der Waals surface area contributed by atoms with Crippen molar-refractivity contribution in [1.29, 1.82) is 0 Å². The van der Waals surface area contributed by atoms with Crippen molar-refractivity contribution >= 4 is 33.1 Å². The number of thiophene rings is 1. The zero-order valence-electron chi connectivity index (χ0n) is 11.7. The van der Waals surface area contributed by atoms with E-state index in [9.17, 15) is 4.79 Å². The molecule has 6 heteroatoms. The molecule has 3 N–H and O–H groups in total. The van der Waals surface area contributed by atoms with Crippen LogP contribution in [-0.4, -0.2) is 22.2 Å². The van der Waals surface area contributed by atoms with Crippen molar-refractivity contribution in [2.75, 3.05) is 12.3 Å². The Labute approximate surface area is 126 Å². The summed E-state index contributed by atoms with van der Waals surface area (Å²) in [5, 5.41) is 10.3. The van der Waals surface area contributed by atoms with Crippen LogP contribution in [-0.2, 0) is 13.5 Å². The normalized spacial score (nSPS) is 10.9. The van der Waals surface area contributed by atoms with Gasteiger partial charge in [-0.3, -0.25) is 9.48 Å². The van der Waals surface area contributed by atoms with Crippen LogP contribution in [0.2, 0.25) is 0 Å². The summed E-state index contributed by atoms with van der Waals surface area (Å²) < 4.78 is 2.76. The van der Waals surface area contributed by atoms with Crippen LogP contribution in [0.25, 0.3) is 10.1 Å². The van der Waals surface area contributed by atoms with E-state index in [1.165, 1.54) is 26.5 Å². The lowest BCUT2D eigenvalue weighted by Crippen LogP contribution is -2.26. The summed E-state index contributed by atoms with van der Waals surface area (Å²) in [7, 11) is 1.71. The van der Waals surface area contributed by atoms with Gasteiger partial charge in [-0.05, 0) is 28.8 Å². The average Bonchev–Trinajstić information content (AvgIpc) is 3.04. The predicted octanol–water partition coefficient (Wildman–Crippen LogP) is 2.19. The number of nitrogens with two attached hydrogens (primary N) is 1. The molecule has 21 heavy (non-hydrogen) atoms. The number of nitrogen functional groups attached to an aromatic ring is 1. The fourth-order valence-corrected chi connectivity index (χ4v) is 3.25. The minimum absolute atomic E-state index is 0.180. The van der Waals surface area contributed by atoms with Gasteiger partial charge in [-0.2, -0.15) is 5.10 Å². The monoisotopic (exact) mass is 300 g/mol. The van der Waals surface area contributed by atoms with E-state index in [-0.39, 0.29) is 5.91 Å². The average molecular weight is 300 g/mol. The van der Waals surface area contributed by atoms with Gasteiger partial charge in [-0.15, -0.1) is 11.3 Å². The Bertz CT molecular complexity index is 790. The van der Waals surface area contributed by atoms with Crippen molar-refractivity contribution in [3.63, 3.8) is 0 Å². The number of rotatable bonds is 4. The number of aromatic nitrogens is 2. The van der Waals surface area contributed by atoms with Crippen LogP contribution in [0, 0.1) is 0 Å². The highest BCUT2D eigenvalue weighted by Gasteiger charge is 2.13. The van der Waals surface area contributed by atoms with E-state index < -0.39 is 0 Å². The summed E-state index contributed by atoms with van der Waals surface area (Å²) in [4.78, 5) is 12.0. The van der Waals surface area contributed by atoms with Crippen molar-refractivity contribution in [1.82, 2.24) is 15.1 Å². The molecule has 0 unspecified atom stereocenters. The fraction of sp³-hybridized carbons (Fsp3) is 0.200. The fourth-order valence-electron chi connectivity index (χ4n) is 2.25. The molecule has 3 rings (SSSR count). The third kappa shape index (κ3) is 2.62. The number of carbonyl (C=O) groups is 1. The first kappa shape index (κ1) is 13.6. The molecule has 0 fully saturated rings. The van der Waals surface area contributed by atoms with Gasteiger partial charge in [0.05, 0.1) is 6.20 Å². The second-order valence-electron chi connectivity index (χ2n) is 4.83. The summed E-state index contributed by atoms with van der Waals surface area (Å²) in [6.07, 6.45) is 2.29. The topological polar surface area (TPSA) is 72.9 Å². The molecule has 0 saturated heterocycles. The van der Waals surface area contributed by atoms with Gasteiger partial charge in [0, 0.05) is 18.3 Å². The zero-order chi connectivity index (χ0) is 14.8. The van der Waals surface area contributed by atoms with E-state index in [4.69, 9.17) is 5.73 Å². The molecule has 2 aromatic heterocycles. The molecular weight excluding hydrogens is 284 g/mol. The maximum absolute atomic E-state index is 12.0. The first-order chi connectivity index (χ1) is 10.2. The van der Waals surface area contributed by atoms with E-state index in [1.54, 1.807) is 18.4 Å². The molecule has 0 aliphatic carbocycles. The van der Waals surface area contributed by atoms with Gasteiger partial charge in [-0.1, -0.05) is 18.2 Å². The smallest absolute Gasteiger partial charge is 0.256 e. The van der Waals surface area contributed by atoms with Crippen molar-refractivity contribution in [2.45, 2.75) is 6.42 Å². The highest BCUT2D eigenvalue weighted by Crippen LogP contribution is 2.25. The Kier molecular flexibility index (Phi) is 3.62. The quantitative estimate of drug-likeness (QED) is 0.775. The number of benzene rings is 1. The summed E-state index contributed by atoms with van der Waals surface area (Å²) in [6.45, 7) is 0.577. The van der Waals surface area contributed by atoms with Crippen LogP contribution in [0.4, 0.5) is 5.82 Å². The summed E-state index contributed by atoms with van der Waals surface area (Å²) >= 11 is 1.73. The van der Waals surface area contributed by atoms with Gasteiger partial charge in [0.2, 0.25) is 0 Å². The lowest BCUT2D eigenvalue weighted by molar-refractivity contribution is 0.0955. The van der Waals surface area contributed by atoms with Gasteiger partial charge in [0.25, 0.3) is 5.91 Å². The standard InChI is InChI=1S/C15H16N4OS/c1-19-14(16)12(8-18-19)15(20)17-7-6-10-9-21-13-5-3-2-4-11(10)13/h2-5,8-9H,6-7,16H2,1H3,(H,17,20). The van der Waals surface area contributed by atoms with Gasteiger partial charge < -0.3 is 11.1 Å². The molecule has 0 atom stereocenters. The van der Waals surface area contributed by atoms with E-state index in [0.717, 1.165) is 6.42 Å². The Hall–Kier alpha value is -2.34. The Morgan fingerprint density at radius 2 is 2.24 bits per heavy atom. The van der Waals surface area contributed by atoms with Crippen LogP contribution in [0.3, 0.4) is 0 Å². The van der Waals surface area contributed by atoms with E-state index >= 15 is 0 Å². The van der Waals surface area contributed by atoms with Gasteiger partial charge in [-0.25, -0.2) is 0 Å². The third-order valence-corrected chi connectivity index (χ3v) is 4.48. The molecule has 2 heterocycles. The molecule has 0 aliphatic heterocycles. The maximum Gasteiger partial charge on any atom is 0.256 e. The summed E-state index contributed by atoms with van der Waals surface area (Å²) in [5.74, 6) is 0.202. The highest BCUT2D eigenvalue weighted by atomic mass is 32.1. The highest BCUT2D eigenvalue weighted by molar-refractivity contribution is 7.17. The third-order valence-electron chi connectivity index (χ3n) is 3.47. The molecule has 0 saturated carbocycles. The number of hydrogen-bond donors (Lipinski definition) is 2. The lowest BCUT2D eigenvalue weighted by atomic mass is 10.1. The minimum Gasteiger partial charge on any atom is -0.383 e.